The normalized spacial score (nSPS) is 39.7. The Morgan fingerprint density at radius 2 is 1.57 bits per heavy atom. The highest BCUT2D eigenvalue weighted by molar-refractivity contribution is 6.26. The predicted octanol–water partition coefficient (Wildman–Crippen LogP) is 2.16. The zero-order valence-electron chi connectivity index (χ0n) is 3.77. The lowest BCUT2D eigenvalue weighted by molar-refractivity contribution is 0.942. The molecule has 0 unspecified atom stereocenters. The monoisotopic (exact) mass is 136 g/mol. The van der Waals surface area contributed by atoms with E-state index in [0.29, 0.717) is 0 Å². The first kappa shape index (κ1) is 5.46. The molecule has 2 heteroatoms. The van der Waals surface area contributed by atoms with E-state index in [0.717, 1.165) is 6.42 Å². The van der Waals surface area contributed by atoms with Gasteiger partial charge >= 0.3 is 0 Å². The van der Waals surface area contributed by atoms with E-state index in [4.69, 9.17) is 23.2 Å². The molecule has 0 spiro atoms. The summed E-state index contributed by atoms with van der Waals surface area (Å²) in [6.45, 7) is 0. The van der Waals surface area contributed by atoms with E-state index in [1.165, 1.54) is 0 Å². The van der Waals surface area contributed by atoms with E-state index in [1.54, 1.807) is 0 Å². The van der Waals surface area contributed by atoms with Crippen LogP contribution in [-0.2, 0) is 0 Å². The maximum absolute atomic E-state index is 5.64. The SMILES string of the molecule is Cl[C@@H]1C=C[C@@H](Cl)C1. The second kappa shape index (κ2) is 2.06. The van der Waals surface area contributed by atoms with Gasteiger partial charge in [-0.15, -0.1) is 23.2 Å². The average Bonchev–Trinajstić information content (AvgIpc) is 1.87. The maximum Gasteiger partial charge on any atom is 0.0533 e. The lowest BCUT2D eigenvalue weighted by atomic mass is 10.3. The van der Waals surface area contributed by atoms with Crippen LogP contribution >= 0.6 is 23.2 Å². The summed E-state index contributed by atoms with van der Waals surface area (Å²) < 4.78 is 0. The topological polar surface area (TPSA) is 0 Å². The van der Waals surface area contributed by atoms with E-state index < -0.39 is 0 Å². The molecule has 0 bridgehead atoms. The summed E-state index contributed by atoms with van der Waals surface area (Å²) in [5, 5.41) is 0.366. The highest BCUT2D eigenvalue weighted by Crippen LogP contribution is 2.19. The lowest BCUT2D eigenvalue weighted by Crippen LogP contribution is -1.92. The Labute approximate surface area is 53.1 Å². The molecule has 0 nitrogen and oxygen atoms in total. The molecule has 0 fully saturated rings. The summed E-state index contributed by atoms with van der Waals surface area (Å²) in [6.07, 6.45) is 4.75. The number of hydrogen-bond donors (Lipinski definition) is 0. The Bertz CT molecular complexity index is 78.1. The van der Waals surface area contributed by atoms with Crippen molar-refractivity contribution in [3.63, 3.8) is 0 Å². The fraction of sp³-hybridized carbons (Fsp3) is 0.600. The molecule has 0 N–H and O–H groups in total. The van der Waals surface area contributed by atoms with Crippen molar-refractivity contribution in [2.24, 2.45) is 0 Å². The molecule has 0 aromatic heterocycles. The Balaban J connectivity index is 2.42. The highest BCUT2D eigenvalue weighted by atomic mass is 35.5. The van der Waals surface area contributed by atoms with Gasteiger partial charge in [0, 0.05) is 0 Å². The van der Waals surface area contributed by atoms with E-state index in [9.17, 15) is 0 Å². The Morgan fingerprint density at radius 1 is 1.14 bits per heavy atom. The van der Waals surface area contributed by atoms with Crippen LogP contribution < -0.4 is 0 Å². The number of halogens is 2. The van der Waals surface area contributed by atoms with Crippen molar-refractivity contribution in [1.82, 2.24) is 0 Å². The molecule has 40 valence electrons. The van der Waals surface area contributed by atoms with Gasteiger partial charge in [0.1, 0.15) is 0 Å². The van der Waals surface area contributed by atoms with Crippen molar-refractivity contribution < 1.29 is 0 Å². The molecule has 0 saturated heterocycles. The largest absolute Gasteiger partial charge is 0.118 e. The molecule has 1 aliphatic carbocycles. The van der Waals surface area contributed by atoms with E-state index in [-0.39, 0.29) is 10.8 Å². The average molecular weight is 137 g/mol. The molecule has 0 aliphatic heterocycles. The van der Waals surface area contributed by atoms with Crippen molar-refractivity contribution in [2.75, 3.05) is 0 Å². The second-order valence-electron chi connectivity index (χ2n) is 1.65. The zero-order valence-corrected chi connectivity index (χ0v) is 5.28. The minimum atomic E-state index is 0.183. The first-order valence-corrected chi connectivity index (χ1v) is 3.13. The predicted molar refractivity (Wildman–Crippen MR) is 33.0 cm³/mol. The van der Waals surface area contributed by atoms with E-state index >= 15 is 0 Å². The Morgan fingerprint density at radius 3 is 1.71 bits per heavy atom. The standard InChI is InChI=1S/C5H6Cl2/c6-4-1-2-5(7)3-4/h1-2,4-5H,3H2/t4-,5-/m1/s1. The van der Waals surface area contributed by atoms with Gasteiger partial charge in [0.2, 0.25) is 0 Å². The molecular weight excluding hydrogens is 131 g/mol. The maximum atomic E-state index is 5.64. The molecule has 0 amide bonds. The van der Waals surface area contributed by atoms with Crippen LogP contribution in [0, 0.1) is 0 Å². The number of rotatable bonds is 0. The second-order valence-corrected chi connectivity index (χ2v) is 2.77. The van der Waals surface area contributed by atoms with Crippen molar-refractivity contribution >= 4 is 23.2 Å². The van der Waals surface area contributed by atoms with Crippen LogP contribution in [0.3, 0.4) is 0 Å². The van der Waals surface area contributed by atoms with Gasteiger partial charge in [-0.05, 0) is 6.42 Å². The van der Waals surface area contributed by atoms with Crippen LogP contribution in [0.4, 0.5) is 0 Å². The fourth-order valence-corrected chi connectivity index (χ4v) is 1.26. The van der Waals surface area contributed by atoms with Crippen LogP contribution in [0.2, 0.25) is 0 Å². The summed E-state index contributed by atoms with van der Waals surface area (Å²) in [7, 11) is 0. The summed E-state index contributed by atoms with van der Waals surface area (Å²) in [4.78, 5) is 0. The lowest BCUT2D eigenvalue weighted by Gasteiger charge is -1.93. The number of alkyl halides is 2. The zero-order chi connectivity index (χ0) is 5.28. The third-order valence-electron chi connectivity index (χ3n) is 0.979. The van der Waals surface area contributed by atoms with Gasteiger partial charge in [-0.25, -0.2) is 0 Å². The van der Waals surface area contributed by atoms with Crippen LogP contribution in [-0.4, -0.2) is 10.8 Å². The molecular formula is C5H6Cl2. The number of allylic oxidation sites excluding steroid dienone is 2. The fourth-order valence-electron chi connectivity index (χ4n) is 0.613. The highest BCUT2D eigenvalue weighted by Gasteiger charge is 2.12. The third kappa shape index (κ3) is 1.36. The van der Waals surface area contributed by atoms with Gasteiger partial charge in [-0.1, -0.05) is 12.2 Å². The molecule has 0 aromatic rings. The molecule has 1 aliphatic rings. The summed E-state index contributed by atoms with van der Waals surface area (Å²) in [5.74, 6) is 0. The van der Waals surface area contributed by atoms with Crippen LogP contribution in [0.25, 0.3) is 0 Å². The quantitative estimate of drug-likeness (QED) is 0.354. The molecule has 0 heterocycles. The van der Waals surface area contributed by atoms with Crippen LogP contribution in [0.1, 0.15) is 6.42 Å². The van der Waals surface area contributed by atoms with Crippen molar-refractivity contribution in [2.45, 2.75) is 17.2 Å². The van der Waals surface area contributed by atoms with Crippen molar-refractivity contribution in [3.8, 4) is 0 Å². The van der Waals surface area contributed by atoms with E-state index in [1.807, 2.05) is 12.2 Å². The van der Waals surface area contributed by atoms with Crippen molar-refractivity contribution in [1.29, 1.82) is 0 Å². The third-order valence-corrected chi connectivity index (χ3v) is 1.63. The summed E-state index contributed by atoms with van der Waals surface area (Å²) >= 11 is 11.3. The summed E-state index contributed by atoms with van der Waals surface area (Å²) in [5.41, 5.74) is 0. The smallest absolute Gasteiger partial charge is 0.0533 e. The number of hydrogen-bond acceptors (Lipinski definition) is 0. The van der Waals surface area contributed by atoms with Crippen LogP contribution in [0.5, 0.6) is 0 Å². The van der Waals surface area contributed by atoms with Gasteiger partial charge in [-0.3, -0.25) is 0 Å². The Hall–Kier alpha value is 0.320. The van der Waals surface area contributed by atoms with Gasteiger partial charge < -0.3 is 0 Å². The van der Waals surface area contributed by atoms with Gasteiger partial charge in [0.05, 0.1) is 10.8 Å². The van der Waals surface area contributed by atoms with Gasteiger partial charge in [0.15, 0.2) is 0 Å². The molecule has 2 atom stereocenters. The summed E-state index contributed by atoms with van der Waals surface area (Å²) in [6, 6.07) is 0. The van der Waals surface area contributed by atoms with Crippen molar-refractivity contribution in [3.05, 3.63) is 12.2 Å². The van der Waals surface area contributed by atoms with Crippen LogP contribution in [0.15, 0.2) is 12.2 Å². The van der Waals surface area contributed by atoms with Gasteiger partial charge in [0.25, 0.3) is 0 Å². The molecule has 7 heavy (non-hydrogen) atoms. The van der Waals surface area contributed by atoms with Gasteiger partial charge in [-0.2, -0.15) is 0 Å². The molecule has 0 saturated carbocycles. The minimum Gasteiger partial charge on any atom is -0.118 e. The Kier molecular flexibility index (Phi) is 1.61. The molecule has 0 radical (unpaired) electrons. The molecule has 1 rings (SSSR count). The van der Waals surface area contributed by atoms with E-state index in [2.05, 4.69) is 0 Å². The minimum absolute atomic E-state index is 0.183. The molecule has 0 aromatic carbocycles. The first-order valence-electron chi connectivity index (χ1n) is 2.25. The first-order chi connectivity index (χ1) is 3.29.